The molecule has 1 fully saturated rings. The second-order valence-corrected chi connectivity index (χ2v) is 7.51. The minimum atomic E-state index is -3.41. The van der Waals surface area contributed by atoms with E-state index in [0.29, 0.717) is 30.8 Å². The Morgan fingerprint density at radius 2 is 2.26 bits per heavy atom. The molecule has 1 aliphatic rings. The minimum absolute atomic E-state index is 0.198. The van der Waals surface area contributed by atoms with E-state index in [4.69, 9.17) is 4.74 Å². The predicted octanol–water partition coefficient (Wildman–Crippen LogP) is 0.835. The number of likely N-dealkylation sites (tertiary alicyclic amines) is 1. The molecule has 0 aliphatic carbocycles. The zero-order valence-electron chi connectivity index (χ0n) is 13.2. The molecular formula is C15H22N2O5S. The molecule has 7 nitrogen and oxygen atoms in total. The maximum absolute atomic E-state index is 12.1. The van der Waals surface area contributed by atoms with E-state index in [2.05, 4.69) is 4.72 Å². The molecule has 1 heterocycles. The predicted molar refractivity (Wildman–Crippen MR) is 85.9 cm³/mol. The van der Waals surface area contributed by atoms with Gasteiger partial charge in [-0.2, -0.15) is 0 Å². The number of aliphatic carboxylic acids is 1. The molecule has 1 saturated heterocycles. The molecule has 0 aromatic heterocycles. The van der Waals surface area contributed by atoms with E-state index >= 15 is 0 Å². The van der Waals surface area contributed by atoms with Gasteiger partial charge in [0.25, 0.3) is 0 Å². The van der Waals surface area contributed by atoms with Crippen LogP contribution in [0.25, 0.3) is 0 Å². The van der Waals surface area contributed by atoms with Gasteiger partial charge in [0.1, 0.15) is 11.8 Å². The second-order valence-electron chi connectivity index (χ2n) is 5.47. The number of benzene rings is 1. The Labute approximate surface area is 136 Å². The van der Waals surface area contributed by atoms with E-state index in [1.807, 2.05) is 0 Å². The van der Waals surface area contributed by atoms with E-state index in [1.54, 1.807) is 36.1 Å². The summed E-state index contributed by atoms with van der Waals surface area (Å²) in [5.41, 5.74) is 0.582. The summed E-state index contributed by atoms with van der Waals surface area (Å²) in [5.74, 6) is -0.426. The van der Waals surface area contributed by atoms with Crippen LogP contribution in [-0.2, 0) is 14.8 Å². The average Bonchev–Trinajstić information content (AvgIpc) is 2.97. The standard InChI is InChI=1S/C15H22N2O5S/c1-3-16-23(20,21)13-7-8-17(10-13)14(15(18)19)11-5-4-6-12(9-11)22-2/h4-6,9,13-14,16H,3,7-8,10H2,1-2H3,(H,18,19). The van der Waals surface area contributed by atoms with Crippen LogP contribution in [0.2, 0.25) is 0 Å². The van der Waals surface area contributed by atoms with E-state index in [0.717, 1.165) is 0 Å². The lowest BCUT2D eigenvalue weighted by Gasteiger charge is -2.25. The Kier molecular flexibility index (Phi) is 5.61. The first-order valence-corrected chi connectivity index (χ1v) is 9.03. The Morgan fingerprint density at radius 1 is 1.52 bits per heavy atom. The number of ether oxygens (including phenoxy) is 1. The van der Waals surface area contributed by atoms with E-state index in [-0.39, 0.29) is 6.54 Å². The molecule has 23 heavy (non-hydrogen) atoms. The van der Waals surface area contributed by atoms with Crippen molar-refractivity contribution in [2.75, 3.05) is 26.7 Å². The van der Waals surface area contributed by atoms with E-state index in [9.17, 15) is 18.3 Å². The molecule has 0 amide bonds. The maximum atomic E-state index is 12.1. The normalized spacial score (nSPS) is 20.3. The Morgan fingerprint density at radius 3 is 2.87 bits per heavy atom. The molecule has 2 N–H and O–H groups in total. The summed E-state index contributed by atoms with van der Waals surface area (Å²) in [7, 11) is -1.89. The highest BCUT2D eigenvalue weighted by Gasteiger charge is 2.38. The first-order valence-electron chi connectivity index (χ1n) is 7.48. The summed E-state index contributed by atoms with van der Waals surface area (Å²) >= 11 is 0. The summed E-state index contributed by atoms with van der Waals surface area (Å²) < 4.78 is 31.8. The summed E-state index contributed by atoms with van der Waals surface area (Å²) in [6.07, 6.45) is 0.420. The van der Waals surface area contributed by atoms with Gasteiger partial charge in [0.2, 0.25) is 10.0 Å². The maximum Gasteiger partial charge on any atom is 0.325 e. The van der Waals surface area contributed by atoms with Gasteiger partial charge >= 0.3 is 5.97 Å². The molecule has 0 radical (unpaired) electrons. The molecule has 0 spiro atoms. The van der Waals surface area contributed by atoms with Crippen LogP contribution < -0.4 is 9.46 Å². The molecule has 128 valence electrons. The third-order valence-electron chi connectivity index (χ3n) is 3.97. The van der Waals surface area contributed by atoms with Crippen molar-refractivity contribution in [1.29, 1.82) is 0 Å². The van der Waals surface area contributed by atoms with Crippen molar-refractivity contribution < 1.29 is 23.1 Å². The van der Waals surface area contributed by atoms with Gasteiger partial charge in [-0.3, -0.25) is 9.69 Å². The highest BCUT2D eigenvalue weighted by atomic mass is 32.2. The summed E-state index contributed by atoms with van der Waals surface area (Å²) in [6.45, 7) is 2.67. The minimum Gasteiger partial charge on any atom is -0.497 e. The number of carboxylic acids is 1. The first kappa shape index (κ1) is 17.7. The quantitative estimate of drug-likeness (QED) is 0.762. The van der Waals surface area contributed by atoms with Crippen LogP contribution in [0.3, 0.4) is 0 Å². The SMILES string of the molecule is CCNS(=O)(=O)C1CCN(C(C(=O)O)c2cccc(OC)c2)C1. The van der Waals surface area contributed by atoms with E-state index < -0.39 is 27.3 Å². The number of nitrogens with zero attached hydrogens (tertiary/aromatic N) is 1. The third kappa shape index (κ3) is 4.01. The zero-order chi connectivity index (χ0) is 17.0. The molecule has 0 saturated carbocycles. The summed E-state index contributed by atoms with van der Waals surface area (Å²) in [6, 6.07) is 5.97. The van der Waals surface area contributed by atoms with Crippen LogP contribution >= 0.6 is 0 Å². The monoisotopic (exact) mass is 342 g/mol. The van der Waals surface area contributed by atoms with Gasteiger partial charge in [-0.05, 0) is 24.1 Å². The van der Waals surface area contributed by atoms with Crippen molar-refractivity contribution in [2.45, 2.75) is 24.6 Å². The van der Waals surface area contributed by atoms with Crippen LogP contribution in [0.4, 0.5) is 0 Å². The lowest BCUT2D eigenvalue weighted by molar-refractivity contribution is -0.143. The van der Waals surface area contributed by atoms with Gasteiger partial charge in [0.05, 0.1) is 12.4 Å². The highest BCUT2D eigenvalue weighted by molar-refractivity contribution is 7.90. The van der Waals surface area contributed by atoms with Gasteiger partial charge < -0.3 is 9.84 Å². The first-order chi connectivity index (χ1) is 10.9. The molecule has 1 aromatic rings. The number of hydrogen-bond donors (Lipinski definition) is 2. The van der Waals surface area contributed by atoms with Crippen molar-refractivity contribution >= 4 is 16.0 Å². The molecular weight excluding hydrogens is 320 g/mol. The number of carboxylic acid groups (broad SMARTS) is 1. The molecule has 8 heteroatoms. The number of sulfonamides is 1. The van der Waals surface area contributed by atoms with Gasteiger partial charge in [-0.25, -0.2) is 13.1 Å². The second kappa shape index (κ2) is 7.29. The largest absolute Gasteiger partial charge is 0.497 e. The zero-order valence-corrected chi connectivity index (χ0v) is 14.0. The van der Waals surface area contributed by atoms with Gasteiger partial charge in [-0.15, -0.1) is 0 Å². The topological polar surface area (TPSA) is 95.9 Å². The van der Waals surface area contributed by atoms with Crippen molar-refractivity contribution in [1.82, 2.24) is 9.62 Å². The molecule has 2 unspecified atom stereocenters. The van der Waals surface area contributed by atoms with Gasteiger partial charge in [0, 0.05) is 19.6 Å². The van der Waals surface area contributed by atoms with Crippen molar-refractivity contribution in [3.63, 3.8) is 0 Å². The smallest absolute Gasteiger partial charge is 0.325 e. The van der Waals surface area contributed by atoms with Gasteiger partial charge in [-0.1, -0.05) is 19.1 Å². The van der Waals surface area contributed by atoms with Crippen LogP contribution in [0, 0.1) is 0 Å². The van der Waals surface area contributed by atoms with Gasteiger partial charge in [0.15, 0.2) is 0 Å². The van der Waals surface area contributed by atoms with Crippen molar-refractivity contribution in [2.24, 2.45) is 0 Å². The number of methoxy groups -OCH3 is 1. The van der Waals surface area contributed by atoms with Crippen LogP contribution in [0.5, 0.6) is 5.75 Å². The lowest BCUT2D eigenvalue weighted by Crippen LogP contribution is -2.38. The van der Waals surface area contributed by atoms with E-state index in [1.165, 1.54) is 7.11 Å². The number of nitrogens with one attached hydrogen (secondary N) is 1. The fourth-order valence-electron chi connectivity index (χ4n) is 2.88. The fourth-order valence-corrected chi connectivity index (χ4v) is 4.32. The molecule has 0 bridgehead atoms. The number of carbonyl (C=O) groups is 1. The van der Waals surface area contributed by atoms with Crippen molar-refractivity contribution in [3.8, 4) is 5.75 Å². The summed E-state index contributed by atoms with van der Waals surface area (Å²) in [4.78, 5) is 13.4. The van der Waals surface area contributed by atoms with Crippen LogP contribution in [0.1, 0.15) is 24.9 Å². The number of rotatable bonds is 7. The Bertz CT molecular complexity index is 662. The van der Waals surface area contributed by atoms with Crippen LogP contribution in [0.15, 0.2) is 24.3 Å². The third-order valence-corrected chi connectivity index (χ3v) is 5.92. The molecule has 2 atom stereocenters. The Balaban J connectivity index is 2.22. The Hall–Kier alpha value is -1.64. The van der Waals surface area contributed by atoms with Crippen LogP contribution in [-0.4, -0.2) is 56.4 Å². The molecule has 1 aliphatic heterocycles. The molecule has 1 aromatic carbocycles. The lowest BCUT2D eigenvalue weighted by atomic mass is 10.1. The highest BCUT2D eigenvalue weighted by Crippen LogP contribution is 2.29. The number of hydrogen-bond acceptors (Lipinski definition) is 5. The summed E-state index contributed by atoms with van der Waals surface area (Å²) in [5, 5.41) is 9.01. The average molecular weight is 342 g/mol. The molecule has 2 rings (SSSR count). The fraction of sp³-hybridized carbons (Fsp3) is 0.533. The van der Waals surface area contributed by atoms with Crippen molar-refractivity contribution in [3.05, 3.63) is 29.8 Å².